The van der Waals surface area contributed by atoms with Crippen LogP contribution in [-0.4, -0.2) is 31.3 Å². The van der Waals surface area contributed by atoms with E-state index in [9.17, 15) is 0 Å². The van der Waals surface area contributed by atoms with Crippen molar-refractivity contribution in [3.8, 4) is 0 Å². The molecule has 0 amide bonds. The number of rotatable bonds is 7. The average molecular weight is 271 g/mol. The topological polar surface area (TPSA) is 35.5 Å². The zero-order valence-electron chi connectivity index (χ0n) is 11.4. The van der Waals surface area contributed by atoms with E-state index >= 15 is 0 Å². The van der Waals surface area contributed by atoms with Crippen molar-refractivity contribution in [3.63, 3.8) is 0 Å². The minimum Gasteiger partial charge on any atom is -0.396 e. The number of anilines is 1. The molecule has 1 aromatic carbocycles. The molecule has 0 saturated carbocycles. The maximum atomic E-state index is 9.01. The lowest BCUT2D eigenvalue weighted by atomic mass is 10.1. The van der Waals surface area contributed by atoms with E-state index in [-0.39, 0.29) is 6.61 Å². The third-order valence-electron chi connectivity index (χ3n) is 2.94. The predicted octanol–water partition coefficient (Wildman–Crippen LogP) is 2.66. The Morgan fingerprint density at radius 1 is 1.39 bits per heavy atom. The molecule has 0 unspecified atom stereocenters. The van der Waals surface area contributed by atoms with E-state index in [0.717, 1.165) is 35.8 Å². The van der Waals surface area contributed by atoms with Crippen molar-refractivity contribution in [2.45, 2.75) is 32.9 Å². The second-order valence-electron chi connectivity index (χ2n) is 4.63. The van der Waals surface area contributed by atoms with Crippen LogP contribution in [0.5, 0.6) is 0 Å². The molecule has 0 aliphatic heterocycles. The number of nitrogens with one attached hydrogen (secondary N) is 1. The average Bonchev–Trinajstić information content (AvgIpc) is 2.33. The van der Waals surface area contributed by atoms with Gasteiger partial charge in [0.1, 0.15) is 0 Å². The lowest BCUT2D eigenvalue weighted by molar-refractivity contribution is 0.288. The molecule has 0 radical (unpaired) electrons. The van der Waals surface area contributed by atoms with Gasteiger partial charge in [0.25, 0.3) is 0 Å². The smallest absolute Gasteiger partial charge is 0.0471 e. The van der Waals surface area contributed by atoms with E-state index in [2.05, 4.69) is 30.1 Å². The summed E-state index contributed by atoms with van der Waals surface area (Å²) < 4.78 is 0. The third-order valence-corrected chi connectivity index (χ3v) is 3.29. The third kappa shape index (κ3) is 3.87. The summed E-state index contributed by atoms with van der Waals surface area (Å²) in [5.74, 6) is 0. The van der Waals surface area contributed by atoms with E-state index < -0.39 is 0 Å². The Bertz CT molecular complexity index is 369. The molecule has 0 aromatic heterocycles. The summed E-state index contributed by atoms with van der Waals surface area (Å²) in [5, 5.41) is 12.9. The highest BCUT2D eigenvalue weighted by Crippen LogP contribution is 2.29. The van der Waals surface area contributed by atoms with Crippen molar-refractivity contribution in [2.75, 3.05) is 25.1 Å². The molecule has 0 bridgehead atoms. The highest BCUT2D eigenvalue weighted by atomic mass is 35.5. The molecule has 4 heteroatoms. The van der Waals surface area contributed by atoms with Gasteiger partial charge in [-0.25, -0.2) is 0 Å². The first-order valence-corrected chi connectivity index (χ1v) is 6.79. The van der Waals surface area contributed by atoms with Gasteiger partial charge in [-0.05, 0) is 39.4 Å². The van der Waals surface area contributed by atoms with Gasteiger partial charge in [-0.3, -0.25) is 0 Å². The van der Waals surface area contributed by atoms with Crippen LogP contribution in [0.15, 0.2) is 18.2 Å². The number of hydrogen-bond acceptors (Lipinski definition) is 3. The summed E-state index contributed by atoms with van der Waals surface area (Å²) in [4.78, 5) is 2.29. The van der Waals surface area contributed by atoms with Crippen molar-refractivity contribution >= 4 is 17.3 Å². The fourth-order valence-corrected chi connectivity index (χ4v) is 2.30. The summed E-state index contributed by atoms with van der Waals surface area (Å²) in [6.45, 7) is 6.11. The van der Waals surface area contributed by atoms with Gasteiger partial charge in [-0.15, -0.1) is 0 Å². The quantitative estimate of drug-likeness (QED) is 0.800. The number of benzene rings is 1. The molecule has 0 spiro atoms. The molecular formula is C14H23ClN2O. The Morgan fingerprint density at radius 3 is 2.67 bits per heavy atom. The van der Waals surface area contributed by atoms with Crippen molar-refractivity contribution in [3.05, 3.63) is 28.8 Å². The molecule has 2 N–H and O–H groups in total. The zero-order valence-corrected chi connectivity index (χ0v) is 12.2. The van der Waals surface area contributed by atoms with E-state index in [1.807, 2.05) is 19.2 Å². The molecule has 0 heterocycles. The summed E-state index contributed by atoms with van der Waals surface area (Å²) in [7, 11) is 1.92. The van der Waals surface area contributed by atoms with Gasteiger partial charge in [0.15, 0.2) is 0 Å². The Balaban J connectivity index is 3.06. The van der Waals surface area contributed by atoms with E-state index in [4.69, 9.17) is 16.7 Å². The highest BCUT2D eigenvalue weighted by molar-refractivity contribution is 6.31. The normalized spacial score (nSPS) is 11.0. The van der Waals surface area contributed by atoms with Crippen molar-refractivity contribution in [2.24, 2.45) is 0 Å². The summed E-state index contributed by atoms with van der Waals surface area (Å²) >= 11 is 6.27. The minimum absolute atomic E-state index is 0.213. The molecule has 0 saturated heterocycles. The first-order chi connectivity index (χ1) is 8.61. The van der Waals surface area contributed by atoms with Gasteiger partial charge in [-0.1, -0.05) is 17.7 Å². The molecule has 102 valence electrons. The van der Waals surface area contributed by atoms with E-state index in [0.29, 0.717) is 6.04 Å². The van der Waals surface area contributed by atoms with Gasteiger partial charge in [0.2, 0.25) is 0 Å². The standard InChI is InChI=1S/C14H23ClN2O/c1-11(2)17(8-5-9-18)14-7-4-6-13(15)12(14)10-16-3/h4,6-7,11,16,18H,5,8-10H2,1-3H3. The number of hydrogen-bond donors (Lipinski definition) is 2. The van der Waals surface area contributed by atoms with Crippen LogP contribution < -0.4 is 10.2 Å². The van der Waals surface area contributed by atoms with Crippen molar-refractivity contribution in [1.29, 1.82) is 0 Å². The molecule has 3 nitrogen and oxygen atoms in total. The van der Waals surface area contributed by atoms with Gasteiger partial charge < -0.3 is 15.3 Å². The van der Waals surface area contributed by atoms with Crippen molar-refractivity contribution < 1.29 is 5.11 Å². The number of halogens is 1. The number of aliphatic hydroxyl groups excluding tert-OH is 1. The van der Waals surface area contributed by atoms with Crippen LogP contribution in [0.4, 0.5) is 5.69 Å². The molecule has 0 atom stereocenters. The van der Waals surface area contributed by atoms with Crippen LogP contribution in [0, 0.1) is 0 Å². The molecular weight excluding hydrogens is 248 g/mol. The Morgan fingerprint density at radius 2 is 2.11 bits per heavy atom. The first-order valence-electron chi connectivity index (χ1n) is 6.41. The summed E-state index contributed by atoms with van der Waals surface area (Å²) in [6, 6.07) is 6.37. The Labute approximate surface area is 115 Å². The van der Waals surface area contributed by atoms with Crippen LogP contribution in [0.2, 0.25) is 5.02 Å². The molecule has 0 aliphatic rings. The maximum absolute atomic E-state index is 9.01. The SMILES string of the molecule is CNCc1c(Cl)cccc1N(CCCO)C(C)C. The van der Waals surface area contributed by atoms with Crippen LogP contribution in [0.25, 0.3) is 0 Å². The monoisotopic (exact) mass is 270 g/mol. The lowest BCUT2D eigenvalue weighted by Crippen LogP contribution is -2.33. The van der Waals surface area contributed by atoms with Crippen LogP contribution >= 0.6 is 11.6 Å². The van der Waals surface area contributed by atoms with Gasteiger partial charge >= 0.3 is 0 Å². The minimum atomic E-state index is 0.213. The molecule has 1 rings (SSSR count). The van der Waals surface area contributed by atoms with E-state index in [1.165, 1.54) is 0 Å². The number of nitrogens with zero attached hydrogens (tertiary/aromatic N) is 1. The zero-order chi connectivity index (χ0) is 13.5. The van der Waals surface area contributed by atoms with Crippen LogP contribution in [-0.2, 0) is 6.54 Å². The Hall–Kier alpha value is -0.770. The lowest BCUT2D eigenvalue weighted by Gasteiger charge is -2.31. The highest BCUT2D eigenvalue weighted by Gasteiger charge is 2.15. The molecule has 18 heavy (non-hydrogen) atoms. The summed E-state index contributed by atoms with van der Waals surface area (Å²) in [5.41, 5.74) is 2.27. The van der Waals surface area contributed by atoms with Gasteiger partial charge in [-0.2, -0.15) is 0 Å². The van der Waals surface area contributed by atoms with Gasteiger partial charge in [0, 0.05) is 42.0 Å². The molecule has 0 aliphatic carbocycles. The van der Waals surface area contributed by atoms with Crippen LogP contribution in [0.1, 0.15) is 25.8 Å². The van der Waals surface area contributed by atoms with E-state index in [1.54, 1.807) is 0 Å². The second kappa shape index (κ2) is 7.62. The first kappa shape index (κ1) is 15.3. The van der Waals surface area contributed by atoms with Gasteiger partial charge in [0.05, 0.1) is 0 Å². The van der Waals surface area contributed by atoms with Crippen LogP contribution in [0.3, 0.4) is 0 Å². The maximum Gasteiger partial charge on any atom is 0.0471 e. The summed E-state index contributed by atoms with van der Waals surface area (Å²) in [6.07, 6.45) is 0.768. The largest absolute Gasteiger partial charge is 0.396 e. The number of aliphatic hydroxyl groups is 1. The fourth-order valence-electron chi connectivity index (χ4n) is 2.07. The Kier molecular flexibility index (Phi) is 6.47. The van der Waals surface area contributed by atoms with Crippen molar-refractivity contribution in [1.82, 2.24) is 5.32 Å². The molecule has 1 aromatic rings. The molecule has 0 fully saturated rings. The second-order valence-corrected chi connectivity index (χ2v) is 5.04. The predicted molar refractivity (Wildman–Crippen MR) is 78.4 cm³/mol. The fraction of sp³-hybridized carbons (Fsp3) is 0.571.